The van der Waals surface area contributed by atoms with Crippen LogP contribution in [0.4, 0.5) is 4.79 Å². The second-order valence-corrected chi connectivity index (χ2v) is 11.4. The number of amides is 2. The van der Waals surface area contributed by atoms with Crippen LogP contribution in [-0.2, 0) is 0 Å². The molecule has 0 aliphatic carbocycles. The fraction of sp³-hybridized carbons (Fsp3) is 0.828. The molecule has 2 amide bonds. The van der Waals surface area contributed by atoms with E-state index in [1.807, 2.05) is 10.8 Å². The number of carbonyl (C=O) groups is 1. The molecule has 4 heteroatoms. The monoisotopic (exact) mass is 479 g/mol. The first-order valence-corrected chi connectivity index (χ1v) is 15.8. The van der Waals surface area contributed by atoms with Gasteiger partial charge < -0.3 is 0 Å². The second-order valence-electron chi connectivity index (χ2n) is 9.82. The lowest BCUT2D eigenvalue weighted by atomic mass is 10.0. The minimum Gasteiger partial charge on any atom is -0.238 e. The molecule has 192 valence electrons. The molecule has 1 N–H and O–H groups in total. The number of nitrogens with zero attached hydrogens (tertiary/aromatic N) is 1. The second kappa shape index (κ2) is 21.6. The number of unbranched alkanes of at least 4 members (excludes halogenated alkanes) is 18. The summed E-state index contributed by atoms with van der Waals surface area (Å²) in [5, 5.41) is 6.38. The van der Waals surface area contributed by atoms with Crippen molar-refractivity contribution in [1.29, 1.82) is 0 Å². The highest BCUT2D eigenvalue weighted by atomic mass is 32.2. The Morgan fingerprint density at radius 2 is 1.15 bits per heavy atom. The van der Waals surface area contributed by atoms with Crippen molar-refractivity contribution in [2.24, 2.45) is 0 Å². The van der Waals surface area contributed by atoms with Gasteiger partial charge in [-0.15, -0.1) is 0 Å². The molecule has 1 heterocycles. The van der Waals surface area contributed by atoms with Crippen LogP contribution in [0.15, 0.2) is 11.6 Å². The van der Waals surface area contributed by atoms with Gasteiger partial charge in [0.05, 0.1) is 6.54 Å². The topological polar surface area (TPSA) is 32.1 Å². The Bertz CT molecular complexity index is 582. The molecule has 1 unspecified atom stereocenters. The fourth-order valence-corrected chi connectivity index (χ4v) is 5.74. The lowest BCUT2D eigenvalue weighted by Crippen LogP contribution is -2.33. The van der Waals surface area contributed by atoms with Crippen LogP contribution < -0.4 is 5.32 Å². The number of carbonyl (C=O) groups excluding carboxylic acids is 1. The standard InChI is InChI=1S/C29H54N2OS/c1-4-6-8-10-11-12-13-14-15-16-17-18-19-20-21-23-25-30-29(32)31-26-27-33(3)28(31)24-22-9-7-5-2/h26-27H,3-25H2,1-2H3/p+1. The Kier molecular flexibility index (Phi) is 19.7. The molecule has 0 saturated heterocycles. The van der Waals surface area contributed by atoms with Crippen LogP contribution in [0, 0.1) is 0 Å². The van der Waals surface area contributed by atoms with Gasteiger partial charge in [0, 0.05) is 11.8 Å². The molecule has 1 aliphatic heterocycles. The van der Waals surface area contributed by atoms with Crippen molar-refractivity contribution in [3.8, 4) is 0 Å². The van der Waals surface area contributed by atoms with E-state index in [4.69, 9.17) is 0 Å². The summed E-state index contributed by atoms with van der Waals surface area (Å²) in [6, 6.07) is 0.0383. The van der Waals surface area contributed by atoms with E-state index < -0.39 is 0 Å². The number of urea groups is 1. The molecule has 33 heavy (non-hydrogen) atoms. The molecule has 0 aromatic heterocycles. The van der Waals surface area contributed by atoms with E-state index in [0.717, 1.165) is 25.8 Å². The van der Waals surface area contributed by atoms with Crippen molar-refractivity contribution in [3.63, 3.8) is 0 Å². The molecule has 3 nitrogen and oxygen atoms in total. The maximum atomic E-state index is 12.6. The average molecular weight is 480 g/mol. The maximum absolute atomic E-state index is 12.6. The summed E-state index contributed by atoms with van der Waals surface area (Å²) in [5.41, 5.74) is 0. The molecule has 0 radical (unpaired) electrons. The van der Waals surface area contributed by atoms with Crippen molar-refractivity contribution in [2.75, 3.05) is 6.54 Å². The van der Waals surface area contributed by atoms with E-state index >= 15 is 0 Å². The summed E-state index contributed by atoms with van der Waals surface area (Å²) in [6.45, 7) is 5.31. The molecule has 1 aliphatic rings. The third-order valence-electron chi connectivity index (χ3n) is 6.72. The SMILES string of the molecule is C=S1C=C[N+](C(=O)NCCCCCCCCCCCCCCCCCC)=C1CCCCCC. The lowest BCUT2D eigenvalue weighted by Gasteiger charge is -2.05. The van der Waals surface area contributed by atoms with Gasteiger partial charge in [0.15, 0.2) is 0 Å². The highest BCUT2D eigenvalue weighted by Crippen LogP contribution is 2.24. The summed E-state index contributed by atoms with van der Waals surface area (Å²) in [4.78, 5) is 12.6. The number of rotatable bonds is 22. The van der Waals surface area contributed by atoms with Crippen molar-refractivity contribution in [1.82, 2.24) is 5.32 Å². The minimum atomic E-state index is -0.135. The van der Waals surface area contributed by atoms with E-state index in [-0.39, 0.29) is 16.5 Å². The summed E-state index contributed by atoms with van der Waals surface area (Å²) in [5.74, 6) is 4.21. The van der Waals surface area contributed by atoms with Gasteiger partial charge in [-0.2, -0.15) is 9.37 Å². The molecule has 0 aromatic rings. The van der Waals surface area contributed by atoms with Crippen molar-refractivity contribution in [2.45, 2.75) is 149 Å². The molecular weight excluding hydrogens is 424 g/mol. The Morgan fingerprint density at radius 1 is 0.727 bits per heavy atom. The maximum Gasteiger partial charge on any atom is 0.496 e. The highest BCUT2D eigenvalue weighted by molar-refractivity contribution is 8.29. The molecule has 0 aromatic carbocycles. The van der Waals surface area contributed by atoms with Gasteiger partial charge in [0.2, 0.25) is 0 Å². The van der Waals surface area contributed by atoms with Gasteiger partial charge in [-0.3, -0.25) is 0 Å². The zero-order chi connectivity index (χ0) is 24.0. The highest BCUT2D eigenvalue weighted by Gasteiger charge is 2.23. The van der Waals surface area contributed by atoms with Crippen LogP contribution in [0.2, 0.25) is 0 Å². The minimum absolute atomic E-state index is 0.0383. The average Bonchev–Trinajstić information content (AvgIpc) is 3.19. The first kappa shape index (κ1) is 30.1. The van der Waals surface area contributed by atoms with Crippen molar-refractivity contribution < 1.29 is 9.37 Å². The Morgan fingerprint density at radius 3 is 1.64 bits per heavy atom. The number of hydrogen-bond donors (Lipinski definition) is 1. The van der Waals surface area contributed by atoms with E-state index in [0.29, 0.717) is 0 Å². The zero-order valence-corrected chi connectivity index (χ0v) is 23.0. The molecular formula is C29H55N2OS+. The number of nitrogens with one attached hydrogen (secondary N) is 1. The summed E-state index contributed by atoms with van der Waals surface area (Å²) < 4.78 is 1.83. The van der Waals surface area contributed by atoms with Crippen LogP contribution in [0.25, 0.3) is 0 Å². The predicted molar refractivity (Wildman–Crippen MR) is 151 cm³/mol. The van der Waals surface area contributed by atoms with Gasteiger partial charge in [0.25, 0.3) is 0 Å². The van der Waals surface area contributed by atoms with Gasteiger partial charge in [-0.05, 0) is 19.3 Å². The van der Waals surface area contributed by atoms with E-state index in [2.05, 4.69) is 30.4 Å². The summed E-state index contributed by atoms with van der Waals surface area (Å²) in [7, 11) is -0.135. The van der Waals surface area contributed by atoms with E-state index in [1.54, 1.807) is 0 Å². The molecule has 1 rings (SSSR count). The van der Waals surface area contributed by atoms with Gasteiger partial charge in [-0.25, -0.2) is 5.32 Å². The molecule has 0 saturated carbocycles. The first-order valence-electron chi connectivity index (χ1n) is 14.3. The largest absolute Gasteiger partial charge is 0.496 e. The van der Waals surface area contributed by atoms with Gasteiger partial charge in [0.1, 0.15) is 11.2 Å². The molecule has 0 bridgehead atoms. The third-order valence-corrected chi connectivity index (χ3v) is 8.17. The zero-order valence-electron chi connectivity index (χ0n) is 22.2. The molecule has 0 spiro atoms. The van der Waals surface area contributed by atoms with Crippen molar-refractivity contribution >= 4 is 27.4 Å². The molecule has 1 atom stereocenters. The summed E-state index contributed by atoms with van der Waals surface area (Å²) >= 11 is 0. The Balaban J connectivity index is 1.94. The smallest absolute Gasteiger partial charge is 0.238 e. The summed E-state index contributed by atoms with van der Waals surface area (Å²) in [6.07, 6.45) is 29.9. The van der Waals surface area contributed by atoms with Crippen LogP contribution >= 0.6 is 10.5 Å². The van der Waals surface area contributed by atoms with Gasteiger partial charge in [-0.1, -0.05) is 139 Å². The Hall–Kier alpha value is -0.900. The number of hydrogen-bond acceptors (Lipinski definition) is 1. The predicted octanol–water partition coefficient (Wildman–Crippen LogP) is 9.52. The van der Waals surface area contributed by atoms with Crippen molar-refractivity contribution in [3.05, 3.63) is 11.6 Å². The van der Waals surface area contributed by atoms with Gasteiger partial charge >= 0.3 is 6.03 Å². The first-order chi connectivity index (χ1) is 16.2. The lowest BCUT2D eigenvalue weighted by molar-refractivity contribution is -0.347. The third kappa shape index (κ3) is 15.6. The molecule has 0 fully saturated rings. The Labute approximate surface area is 208 Å². The quantitative estimate of drug-likeness (QED) is 0.0935. The fourth-order valence-electron chi connectivity index (χ4n) is 4.51. The van der Waals surface area contributed by atoms with Crippen LogP contribution in [0.1, 0.15) is 149 Å². The van der Waals surface area contributed by atoms with Crippen LogP contribution in [-0.4, -0.2) is 28.1 Å². The van der Waals surface area contributed by atoms with E-state index in [1.165, 1.54) is 121 Å². The van der Waals surface area contributed by atoms with E-state index in [9.17, 15) is 4.79 Å². The van der Waals surface area contributed by atoms with Crippen LogP contribution in [0.3, 0.4) is 0 Å². The normalized spacial score (nSPS) is 15.5. The van der Waals surface area contributed by atoms with Crippen LogP contribution in [0.5, 0.6) is 0 Å².